The summed E-state index contributed by atoms with van der Waals surface area (Å²) in [6, 6.07) is 0.167. The van der Waals surface area contributed by atoms with Gasteiger partial charge in [-0.05, 0) is 25.7 Å². The van der Waals surface area contributed by atoms with Gasteiger partial charge in [-0.25, -0.2) is 9.59 Å². The maximum absolute atomic E-state index is 11.9. The minimum atomic E-state index is -0.973. The van der Waals surface area contributed by atoms with Crippen molar-refractivity contribution in [2.75, 3.05) is 0 Å². The summed E-state index contributed by atoms with van der Waals surface area (Å²) < 4.78 is 1.49. The number of hydrogen-bond donors (Lipinski definition) is 1. The molecule has 0 unspecified atom stereocenters. The summed E-state index contributed by atoms with van der Waals surface area (Å²) in [7, 11) is 0. The summed E-state index contributed by atoms with van der Waals surface area (Å²) in [6.07, 6.45) is 7.48. The molecule has 0 aromatic carbocycles. The molecule has 3 rings (SSSR count). The van der Waals surface area contributed by atoms with Crippen molar-refractivity contribution in [3.05, 3.63) is 27.9 Å². The fraction of sp³-hybridized carbons (Fsp3) is 0.615. The van der Waals surface area contributed by atoms with E-state index in [0.717, 1.165) is 38.5 Å². The second kappa shape index (κ2) is 4.23. The molecule has 0 bridgehead atoms. The van der Waals surface area contributed by atoms with Crippen molar-refractivity contribution < 1.29 is 9.90 Å². The monoisotopic (exact) mass is 248 g/mol. The van der Waals surface area contributed by atoms with Crippen LogP contribution in [0.5, 0.6) is 0 Å². The van der Waals surface area contributed by atoms with Crippen LogP contribution in [-0.2, 0) is 0 Å². The van der Waals surface area contributed by atoms with Gasteiger partial charge in [0, 0.05) is 18.2 Å². The Labute approximate surface area is 104 Å². The minimum Gasteiger partial charge on any atom is -0.478 e. The first-order chi connectivity index (χ1) is 8.66. The first-order valence-corrected chi connectivity index (χ1v) is 6.53. The average molecular weight is 248 g/mol. The number of aromatic nitrogens is 2. The Morgan fingerprint density at radius 2 is 1.94 bits per heavy atom. The molecule has 1 N–H and O–H groups in total. The smallest absolute Gasteiger partial charge is 0.348 e. The number of nitrogens with zero attached hydrogens (tertiary/aromatic N) is 2. The highest BCUT2D eigenvalue weighted by molar-refractivity contribution is 5.88. The molecule has 5 heteroatoms. The molecule has 0 radical (unpaired) electrons. The highest BCUT2D eigenvalue weighted by Crippen LogP contribution is 2.36. The van der Waals surface area contributed by atoms with E-state index in [0.29, 0.717) is 5.69 Å². The molecule has 0 spiro atoms. The van der Waals surface area contributed by atoms with Gasteiger partial charge >= 0.3 is 11.7 Å². The third kappa shape index (κ3) is 1.94. The number of carboxylic acids is 1. The molecule has 1 aromatic heterocycles. The molecular formula is C13H16N2O3. The molecule has 2 aliphatic carbocycles. The Morgan fingerprint density at radius 1 is 1.28 bits per heavy atom. The Bertz CT molecular complexity index is 540. The highest BCUT2D eigenvalue weighted by Gasteiger charge is 2.29. The lowest BCUT2D eigenvalue weighted by Crippen LogP contribution is -2.26. The molecule has 2 aliphatic rings. The zero-order valence-electron chi connectivity index (χ0n) is 10.1. The third-order valence-electron chi connectivity index (χ3n) is 3.89. The zero-order valence-corrected chi connectivity index (χ0v) is 10.1. The van der Waals surface area contributed by atoms with Crippen LogP contribution < -0.4 is 5.69 Å². The predicted octanol–water partition coefficient (Wildman–Crippen LogP) is 1.93. The van der Waals surface area contributed by atoms with E-state index in [-0.39, 0.29) is 23.2 Å². The van der Waals surface area contributed by atoms with Crippen LogP contribution in [0.3, 0.4) is 0 Å². The van der Waals surface area contributed by atoms with E-state index < -0.39 is 5.97 Å². The van der Waals surface area contributed by atoms with E-state index in [2.05, 4.69) is 4.98 Å². The van der Waals surface area contributed by atoms with Crippen molar-refractivity contribution in [2.45, 2.75) is 50.5 Å². The summed E-state index contributed by atoms with van der Waals surface area (Å²) >= 11 is 0. The van der Waals surface area contributed by atoms with Gasteiger partial charge in [-0.15, -0.1) is 0 Å². The van der Waals surface area contributed by atoms with Crippen molar-refractivity contribution in [1.82, 2.24) is 9.55 Å². The SMILES string of the molecule is O=C(O)c1cn(C2CC2)c(=O)nc1C1CCCC1. The van der Waals surface area contributed by atoms with Crippen molar-refractivity contribution in [3.63, 3.8) is 0 Å². The Balaban J connectivity index is 2.08. The first kappa shape index (κ1) is 11.4. The quantitative estimate of drug-likeness (QED) is 0.887. The van der Waals surface area contributed by atoms with E-state index in [1.54, 1.807) is 0 Å². The topological polar surface area (TPSA) is 72.2 Å². The Hall–Kier alpha value is -1.65. The van der Waals surface area contributed by atoms with E-state index in [4.69, 9.17) is 0 Å². The van der Waals surface area contributed by atoms with Gasteiger partial charge in [0.1, 0.15) is 0 Å². The fourth-order valence-electron chi connectivity index (χ4n) is 2.77. The van der Waals surface area contributed by atoms with Gasteiger partial charge in [0.05, 0.1) is 11.3 Å². The maximum Gasteiger partial charge on any atom is 0.348 e. The van der Waals surface area contributed by atoms with Gasteiger partial charge in [0.25, 0.3) is 0 Å². The van der Waals surface area contributed by atoms with E-state index >= 15 is 0 Å². The summed E-state index contributed by atoms with van der Waals surface area (Å²) in [5, 5.41) is 9.29. The van der Waals surface area contributed by atoms with Crippen LogP contribution in [0.4, 0.5) is 0 Å². The van der Waals surface area contributed by atoms with Crippen molar-refractivity contribution in [2.24, 2.45) is 0 Å². The van der Waals surface area contributed by atoms with Gasteiger partial charge in [-0.2, -0.15) is 4.98 Å². The molecule has 18 heavy (non-hydrogen) atoms. The fourth-order valence-corrected chi connectivity index (χ4v) is 2.77. The van der Waals surface area contributed by atoms with Gasteiger partial charge in [-0.3, -0.25) is 4.57 Å². The van der Waals surface area contributed by atoms with Crippen molar-refractivity contribution in [3.8, 4) is 0 Å². The number of carbonyl (C=O) groups is 1. The van der Waals surface area contributed by atoms with E-state index in [1.165, 1.54) is 10.8 Å². The van der Waals surface area contributed by atoms with Crippen LogP contribution in [-0.4, -0.2) is 20.6 Å². The number of carboxylic acid groups (broad SMARTS) is 1. The molecule has 0 saturated heterocycles. The lowest BCUT2D eigenvalue weighted by atomic mass is 9.99. The lowest BCUT2D eigenvalue weighted by Gasteiger charge is -2.13. The van der Waals surface area contributed by atoms with Crippen molar-refractivity contribution >= 4 is 5.97 Å². The molecule has 0 amide bonds. The molecule has 0 atom stereocenters. The number of aromatic carboxylic acids is 1. The summed E-state index contributed by atoms with van der Waals surface area (Å²) in [5.41, 5.74) is 0.430. The van der Waals surface area contributed by atoms with Gasteiger partial charge < -0.3 is 5.11 Å². The molecule has 2 saturated carbocycles. The van der Waals surface area contributed by atoms with Gasteiger partial charge in [0.15, 0.2) is 0 Å². The van der Waals surface area contributed by atoms with Crippen LogP contribution >= 0.6 is 0 Å². The third-order valence-corrected chi connectivity index (χ3v) is 3.89. The number of rotatable bonds is 3. The van der Waals surface area contributed by atoms with Crippen molar-refractivity contribution in [1.29, 1.82) is 0 Å². The molecular weight excluding hydrogens is 232 g/mol. The summed E-state index contributed by atoms with van der Waals surface area (Å²) in [4.78, 5) is 27.3. The van der Waals surface area contributed by atoms with Crippen LogP contribution in [0.15, 0.2) is 11.0 Å². The molecule has 1 heterocycles. The van der Waals surface area contributed by atoms with Crippen LogP contribution in [0, 0.1) is 0 Å². The lowest BCUT2D eigenvalue weighted by molar-refractivity contribution is 0.0693. The largest absolute Gasteiger partial charge is 0.478 e. The molecule has 2 fully saturated rings. The minimum absolute atomic E-state index is 0.151. The average Bonchev–Trinajstić information content (AvgIpc) is 3.03. The normalized spacial score (nSPS) is 20.2. The molecule has 96 valence electrons. The van der Waals surface area contributed by atoms with E-state index in [9.17, 15) is 14.7 Å². The van der Waals surface area contributed by atoms with Crippen LogP contribution in [0.1, 0.15) is 66.5 Å². The molecule has 1 aromatic rings. The number of hydrogen-bond acceptors (Lipinski definition) is 3. The Kier molecular flexibility index (Phi) is 2.69. The first-order valence-electron chi connectivity index (χ1n) is 6.53. The van der Waals surface area contributed by atoms with Gasteiger partial charge in [-0.1, -0.05) is 12.8 Å². The second-order valence-electron chi connectivity index (χ2n) is 5.25. The van der Waals surface area contributed by atoms with Crippen LogP contribution in [0.2, 0.25) is 0 Å². The van der Waals surface area contributed by atoms with Gasteiger partial charge in [0.2, 0.25) is 0 Å². The maximum atomic E-state index is 11.9. The van der Waals surface area contributed by atoms with E-state index in [1.807, 2.05) is 0 Å². The predicted molar refractivity (Wildman–Crippen MR) is 64.9 cm³/mol. The molecule has 0 aliphatic heterocycles. The van der Waals surface area contributed by atoms with Crippen LogP contribution in [0.25, 0.3) is 0 Å². The standard InChI is InChI=1S/C13H16N2O3/c16-12(17)10-7-15(9-5-6-9)13(18)14-11(10)8-3-1-2-4-8/h7-9H,1-6H2,(H,16,17). The summed E-state index contributed by atoms with van der Waals surface area (Å²) in [6.45, 7) is 0. The highest BCUT2D eigenvalue weighted by atomic mass is 16.4. The summed E-state index contributed by atoms with van der Waals surface area (Å²) in [5.74, 6) is -0.823. The second-order valence-corrected chi connectivity index (χ2v) is 5.25. The Morgan fingerprint density at radius 3 is 2.50 bits per heavy atom. The zero-order chi connectivity index (χ0) is 12.7. The molecule has 5 nitrogen and oxygen atoms in total.